The molecule has 6 heteroatoms. The highest BCUT2D eigenvalue weighted by atomic mass is 16.5. The molecule has 2 aromatic carbocycles. The van der Waals surface area contributed by atoms with E-state index in [9.17, 15) is 9.59 Å². The van der Waals surface area contributed by atoms with E-state index in [0.717, 1.165) is 37.2 Å². The zero-order valence-corrected chi connectivity index (χ0v) is 18.6. The van der Waals surface area contributed by atoms with Gasteiger partial charge in [-0.15, -0.1) is 6.58 Å². The summed E-state index contributed by atoms with van der Waals surface area (Å²) in [6.45, 7) is 6.49. The van der Waals surface area contributed by atoms with E-state index in [1.54, 1.807) is 11.0 Å². The monoisotopic (exact) mass is 433 g/mol. The van der Waals surface area contributed by atoms with Gasteiger partial charge in [-0.1, -0.05) is 42.5 Å². The molecule has 0 unspecified atom stereocenters. The van der Waals surface area contributed by atoms with Crippen LogP contribution in [0.15, 0.2) is 61.2 Å². The molecule has 0 saturated carbocycles. The SMILES string of the molecule is C=CC[C@H]1C(=O)N(c2ccc3c(c2)CCN(C)CC3)C[C@@H]1NC(=O)OCc1ccccc1. The quantitative estimate of drug-likeness (QED) is 0.708. The first-order valence-electron chi connectivity index (χ1n) is 11.2. The summed E-state index contributed by atoms with van der Waals surface area (Å²) in [5.41, 5.74) is 4.48. The molecular weight excluding hydrogens is 402 g/mol. The minimum absolute atomic E-state index is 0.0175. The van der Waals surface area contributed by atoms with Crippen LogP contribution in [0, 0.1) is 5.92 Å². The molecule has 2 aliphatic heterocycles. The molecule has 2 aromatic rings. The van der Waals surface area contributed by atoms with Gasteiger partial charge in [0.05, 0.1) is 12.0 Å². The average molecular weight is 434 g/mol. The lowest BCUT2D eigenvalue weighted by Gasteiger charge is -2.19. The fraction of sp³-hybridized carbons (Fsp3) is 0.385. The Morgan fingerprint density at radius 1 is 1.16 bits per heavy atom. The van der Waals surface area contributed by atoms with Crippen molar-refractivity contribution < 1.29 is 14.3 Å². The van der Waals surface area contributed by atoms with Gasteiger partial charge in [-0.25, -0.2) is 4.79 Å². The van der Waals surface area contributed by atoms with Crippen LogP contribution >= 0.6 is 0 Å². The highest BCUT2D eigenvalue weighted by Gasteiger charge is 2.41. The maximum absolute atomic E-state index is 13.2. The van der Waals surface area contributed by atoms with Crippen molar-refractivity contribution in [3.63, 3.8) is 0 Å². The fourth-order valence-corrected chi connectivity index (χ4v) is 4.52. The zero-order valence-electron chi connectivity index (χ0n) is 18.6. The molecule has 1 fully saturated rings. The number of benzene rings is 2. The van der Waals surface area contributed by atoms with Crippen molar-refractivity contribution in [3.8, 4) is 0 Å². The molecule has 6 nitrogen and oxygen atoms in total. The summed E-state index contributed by atoms with van der Waals surface area (Å²) >= 11 is 0. The molecule has 2 heterocycles. The predicted octanol–water partition coefficient (Wildman–Crippen LogP) is 3.55. The third-order valence-corrected chi connectivity index (χ3v) is 6.41. The molecule has 2 amide bonds. The Balaban J connectivity index is 1.45. The number of amides is 2. The number of anilines is 1. The van der Waals surface area contributed by atoms with Crippen molar-refractivity contribution in [2.45, 2.75) is 31.9 Å². The molecular formula is C26H31N3O3. The van der Waals surface area contributed by atoms with E-state index in [1.807, 2.05) is 36.4 Å². The lowest BCUT2D eigenvalue weighted by Crippen LogP contribution is -2.41. The number of hydrogen-bond acceptors (Lipinski definition) is 4. The highest BCUT2D eigenvalue weighted by molar-refractivity contribution is 5.98. The molecule has 0 radical (unpaired) electrons. The lowest BCUT2D eigenvalue weighted by atomic mass is 9.99. The van der Waals surface area contributed by atoms with Crippen molar-refractivity contribution >= 4 is 17.7 Å². The van der Waals surface area contributed by atoms with Crippen molar-refractivity contribution in [1.82, 2.24) is 10.2 Å². The topological polar surface area (TPSA) is 61.9 Å². The largest absolute Gasteiger partial charge is 0.445 e. The molecule has 4 rings (SSSR count). The summed E-state index contributed by atoms with van der Waals surface area (Å²) in [6.07, 6.45) is 3.74. The standard InChI is InChI=1S/C26H31N3O3/c1-3-7-23-24(27-26(31)32-18-19-8-5-4-6-9-19)17-29(25(23)30)22-11-10-20-12-14-28(2)15-13-21(20)16-22/h3-6,8-11,16,23-24H,1,7,12-15,17-18H2,2H3,(H,27,31)/t23-,24+/m1/s1. The first-order chi connectivity index (χ1) is 15.5. The molecule has 2 atom stereocenters. The minimum Gasteiger partial charge on any atom is -0.445 e. The van der Waals surface area contributed by atoms with Crippen molar-refractivity contribution in [1.29, 1.82) is 0 Å². The number of alkyl carbamates (subject to hydrolysis) is 1. The Labute approximate surface area is 189 Å². The van der Waals surface area contributed by atoms with E-state index in [4.69, 9.17) is 4.74 Å². The smallest absolute Gasteiger partial charge is 0.407 e. The van der Waals surface area contributed by atoms with Crippen LogP contribution in [0.5, 0.6) is 0 Å². The number of rotatable bonds is 6. The first kappa shape index (κ1) is 22.1. The number of nitrogens with zero attached hydrogens (tertiary/aromatic N) is 2. The summed E-state index contributed by atoms with van der Waals surface area (Å²) < 4.78 is 5.38. The number of carbonyl (C=O) groups is 2. The highest BCUT2D eigenvalue weighted by Crippen LogP contribution is 2.30. The van der Waals surface area contributed by atoms with Gasteiger partial charge in [-0.2, -0.15) is 0 Å². The Bertz CT molecular complexity index is 976. The summed E-state index contributed by atoms with van der Waals surface area (Å²) in [5, 5.41) is 2.91. The predicted molar refractivity (Wildman–Crippen MR) is 126 cm³/mol. The van der Waals surface area contributed by atoms with Gasteiger partial charge >= 0.3 is 6.09 Å². The number of carbonyl (C=O) groups excluding carboxylic acids is 2. The van der Waals surface area contributed by atoms with Crippen molar-refractivity contribution in [2.75, 3.05) is 31.6 Å². The molecule has 0 aliphatic carbocycles. The first-order valence-corrected chi connectivity index (χ1v) is 11.2. The van der Waals surface area contributed by atoms with Crippen LogP contribution in [-0.2, 0) is 29.0 Å². The van der Waals surface area contributed by atoms with Crippen LogP contribution in [-0.4, -0.2) is 49.6 Å². The third kappa shape index (κ3) is 5.02. The summed E-state index contributed by atoms with van der Waals surface area (Å²) in [7, 11) is 2.14. The molecule has 32 heavy (non-hydrogen) atoms. The minimum atomic E-state index is -0.507. The Kier molecular flexibility index (Phi) is 6.90. The number of likely N-dealkylation sites (N-methyl/N-ethyl adjacent to an activating group) is 1. The van der Waals surface area contributed by atoms with Crippen LogP contribution < -0.4 is 10.2 Å². The third-order valence-electron chi connectivity index (χ3n) is 6.41. The number of allylic oxidation sites excluding steroid dienone is 1. The van der Waals surface area contributed by atoms with Crippen LogP contribution in [0.25, 0.3) is 0 Å². The number of hydrogen-bond donors (Lipinski definition) is 1. The van der Waals surface area contributed by atoms with E-state index in [0.29, 0.717) is 13.0 Å². The average Bonchev–Trinajstić information content (AvgIpc) is 2.98. The van der Waals surface area contributed by atoms with Crippen LogP contribution in [0.2, 0.25) is 0 Å². The number of fused-ring (bicyclic) bond motifs is 1. The van der Waals surface area contributed by atoms with Gasteiger partial charge in [0.15, 0.2) is 0 Å². The fourth-order valence-electron chi connectivity index (χ4n) is 4.52. The Morgan fingerprint density at radius 2 is 1.91 bits per heavy atom. The van der Waals surface area contributed by atoms with E-state index in [-0.39, 0.29) is 24.5 Å². The molecule has 0 aromatic heterocycles. The van der Waals surface area contributed by atoms with E-state index in [2.05, 4.69) is 36.0 Å². The molecule has 1 N–H and O–H groups in total. The number of ether oxygens (including phenoxy) is 1. The van der Waals surface area contributed by atoms with Crippen molar-refractivity contribution in [2.24, 2.45) is 5.92 Å². The van der Waals surface area contributed by atoms with E-state index < -0.39 is 6.09 Å². The Hall–Kier alpha value is -3.12. The summed E-state index contributed by atoms with van der Waals surface area (Å²) in [4.78, 5) is 29.8. The second-order valence-corrected chi connectivity index (χ2v) is 8.65. The second kappa shape index (κ2) is 10.0. The summed E-state index contributed by atoms with van der Waals surface area (Å²) in [5.74, 6) is -0.328. The van der Waals surface area contributed by atoms with Gasteiger partial charge in [0, 0.05) is 25.3 Å². The zero-order chi connectivity index (χ0) is 22.5. The molecule has 0 bridgehead atoms. The number of nitrogens with one attached hydrogen (secondary N) is 1. The van der Waals surface area contributed by atoms with E-state index in [1.165, 1.54) is 11.1 Å². The molecule has 168 valence electrons. The Morgan fingerprint density at radius 3 is 2.66 bits per heavy atom. The molecule has 1 saturated heterocycles. The van der Waals surface area contributed by atoms with Crippen LogP contribution in [0.1, 0.15) is 23.1 Å². The summed E-state index contributed by atoms with van der Waals surface area (Å²) in [6, 6.07) is 15.5. The van der Waals surface area contributed by atoms with Gasteiger partial charge in [-0.05, 0) is 55.1 Å². The van der Waals surface area contributed by atoms with Gasteiger partial charge in [0.2, 0.25) is 5.91 Å². The molecule has 0 spiro atoms. The van der Waals surface area contributed by atoms with E-state index >= 15 is 0 Å². The maximum Gasteiger partial charge on any atom is 0.407 e. The van der Waals surface area contributed by atoms with Crippen LogP contribution in [0.3, 0.4) is 0 Å². The van der Waals surface area contributed by atoms with Gasteiger partial charge in [0.25, 0.3) is 0 Å². The molecule has 2 aliphatic rings. The van der Waals surface area contributed by atoms with Gasteiger partial charge < -0.3 is 19.9 Å². The van der Waals surface area contributed by atoms with Gasteiger partial charge in [-0.3, -0.25) is 4.79 Å². The van der Waals surface area contributed by atoms with Crippen molar-refractivity contribution in [3.05, 3.63) is 77.9 Å². The lowest BCUT2D eigenvalue weighted by molar-refractivity contribution is -0.120. The van der Waals surface area contributed by atoms with Crippen LogP contribution in [0.4, 0.5) is 10.5 Å². The normalized spacial score (nSPS) is 21.0. The second-order valence-electron chi connectivity index (χ2n) is 8.65. The maximum atomic E-state index is 13.2. The van der Waals surface area contributed by atoms with Gasteiger partial charge in [0.1, 0.15) is 6.61 Å².